The average Bonchev–Trinajstić information content (AvgIpc) is 2.46. The Balaban J connectivity index is 2.47. The minimum atomic E-state index is -0.455. The molecule has 1 amide bonds. The molecule has 0 aliphatic carbocycles. The molecule has 0 aromatic heterocycles. The zero-order valence-corrected chi connectivity index (χ0v) is 13.0. The van der Waals surface area contributed by atoms with Crippen LogP contribution in [-0.2, 0) is 11.3 Å². The summed E-state index contributed by atoms with van der Waals surface area (Å²) in [5.74, 6) is 0.0950. The van der Waals surface area contributed by atoms with Crippen LogP contribution in [0.25, 0.3) is 0 Å². The number of nitrogens with one attached hydrogen (secondary N) is 1. The fraction of sp³-hybridized carbons (Fsp3) is 0.500. The molecule has 1 aromatic rings. The van der Waals surface area contributed by atoms with Gasteiger partial charge in [0.05, 0.1) is 4.92 Å². The van der Waals surface area contributed by atoms with Crippen molar-refractivity contribution in [2.24, 2.45) is 0 Å². The Kier molecular flexibility index (Phi) is 7.11. The number of halogens is 1. The lowest BCUT2D eigenvalue weighted by Crippen LogP contribution is -2.32. The van der Waals surface area contributed by atoms with Crippen molar-refractivity contribution in [3.63, 3.8) is 0 Å². The summed E-state index contributed by atoms with van der Waals surface area (Å²) in [6.45, 7) is 6.19. The molecule has 0 saturated heterocycles. The lowest BCUT2D eigenvalue weighted by molar-refractivity contribution is -0.384. The van der Waals surface area contributed by atoms with Crippen LogP contribution in [0.2, 0.25) is 5.02 Å². The van der Waals surface area contributed by atoms with Crippen LogP contribution in [0.5, 0.6) is 0 Å². The van der Waals surface area contributed by atoms with E-state index >= 15 is 0 Å². The van der Waals surface area contributed by atoms with E-state index in [9.17, 15) is 14.9 Å². The zero-order chi connectivity index (χ0) is 15.8. The van der Waals surface area contributed by atoms with Gasteiger partial charge in [0.1, 0.15) is 0 Å². The van der Waals surface area contributed by atoms with E-state index in [2.05, 4.69) is 5.32 Å². The van der Waals surface area contributed by atoms with Gasteiger partial charge < -0.3 is 10.2 Å². The third-order valence-electron chi connectivity index (χ3n) is 3.19. The Morgan fingerprint density at radius 1 is 1.38 bits per heavy atom. The van der Waals surface area contributed by atoms with Crippen LogP contribution in [0.3, 0.4) is 0 Å². The molecule has 21 heavy (non-hydrogen) atoms. The maximum Gasteiger partial charge on any atom is 0.269 e. The normalized spacial score (nSPS) is 10.4. The minimum Gasteiger partial charge on any atom is -0.343 e. The van der Waals surface area contributed by atoms with Crippen molar-refractivity contribution in [3.05, 3.63) is 38.9 Å². The van der Waals surface area contributed by atoms with E-state index in [0.717, 1.165) is 0 Å². The Labute approximate surface area is 129 Å². The molecule has 0 heterocycles. The van der Waals surface area contributed by atoms with Gasteiger partial charge in [0, 0.05) is 49.8 Å². The van der Waals surface area contributed by atoms with Crippen molar-refractivity contribution in [2.45, 2.75) is 26.8 Å². The molecule has 0 atom stereocenters. The van der Waals surface area contributed by atoms with Crippen LogP contribution in [0.1, 0.15) is 25.8 Å². The summed E-state index contributed by atoms with van der Waals surface area (Å²) < 4.78 is 0. The molecule has 116 valence electrons. The largest absolute Gasteiger partial charge is 0.343 e. The van der Waals surface area contributed by atoms with Crippen LogP contribution in [0.15, 0.2) is 18.2 Å². The fourth-order valence-electron chi connectivity index (χ4n) is 1.96. The van der Waals surface area contributed by atoms with Gasteiger partial charge in [-0.25, -0.2) is 0 Å². The van der Waals surface area contributed by atoms with E-state index in [1.54, 1.807) is 4.90 Å². The van der Waals surface area contributed by atoms with Crippen LogP contribution in [-0.4, -0.2) is 35.4 Å². The van der Waals surface area contributed by atoms with Crippen molar-refractivity contribution < 1.29 is 9.72 Å². The van der Waals surface area contributed by atoms with E-state index in [1.165, 1.54) is 18.2 Å². The molecule has 0 radical (unpaired) electrons. The predicted molar refractivity (Wildman–Crippen MR) is 82.4 cm³/mol. The Morgan fingerprint density at radius 3 is 2.62 bits per heavy atom. The molecule has 0 fully saturated rings. The van der Waals surface area contributed by atoms with Crippen LogP contribution in [0.4, 0.5) is 5.69 Å². The highest BCUT2D eigenvalue weighted by atomic mass is 35.5. The molecule has 0 unspecified atom stereocenters. The van der Waals surface area contributed by atoms with E-state index in [0.29, 0.717) is 43.2 Å². The van der Waals surface area contributed by atoms with Gasteiger partial charge in [0.15, 0.2) is 0 Å². The number of amides is 1. The van der Waals surface area contributed by atoms with E-state index in [1.807, 2.05) is 13.8 Å². The molecule has 0 spiro atoms. The summed E-state index contributed by atoms with van der Waals surface area (Å²) in [5.41, 5.74) is 0.663. The van der Waals surface area contributed by atoms with Crippen LogP contribution >= 0.6 is 11.6 Å². The van der Waals surface area contributed by atoms with Crippen molar-refractivity contribution >= 4 is 23.2 Å². The molecule has 1 aromatic carbocycles. The summed E-state index contributed by atoms with van der Waals surface area (Å²) in [6.07, 6.45) is 0.397. The standard InChI is InChI=1S/C14H20ClN3O3/c1-3-17(4-2)14(19)7-8-16-10-11-9-12(18(20)21)5-6-13(11)15/h5-6,9,16H,3-4,7-8,10H2,1-2H3. The topological polar surface area (TPSA) is 75.5 Å². The smallest absolute Gasteiger partial charge is 0.269 e. The van der Waals surface area contributed by atoms with Gasteiger partial charge in [-0.2, -0.15) is 0 Å². The Morgan fingerprint density at radius 2 is 2.05 bits per heavy atom. The molecule has 0 aliphatic rings. The molecule has 7 heteroatoms. The van der Waals surface area contributed by atoms with Crippen LogP contribution in [0, 0.1) is 10.1 Å². The van der Waals surface area contributed by atoms with Gasteiger partial charge in [0.2, 0.25) is 5.91 Å². The second-order valence-electron chi connectivity index (χ2n) is 4.53. The molecule has 6 nitrogen and oxygen atoms in total. The van der Waals surface area contributed by atoms with E-state index in [-0.39, 0.29) is 11.6 Å². The number of rotatable bonds is 8. The molecular weight excluding hydrogens is 294 g/mol. The highest BCUT2D eigenvalue weighted by Gasteiger charge is 2.11. The molecule has 1 N–H and O–H groups in total. The Bertz CT molecular complexity index is 504. The van der Waals surface area contributed by atoms with Gasteiger partial charge in [-0.3, -0.25) is 14.9 Å². The fourth-order valence-corrected chi connectivity index (χ4v) is 2.15. The maximum atomic E-state index is 11.8. The summed E-state index contributed by atoms with van der Waals surface area (Å²) in [4.78, 5) is 23.8. The number of nitro groups is 1. The first-order valence-corrected chi connectivity index (χ1v) is 7.28. The molecular formula is C14H20ClN3O3. The summed E-state index contributed by atoms with van der Waals surface area (Å²) in [7, 11) is 0. The van der Waals surface area contributed by atoms with Crippen molar-refractivity contribution in [1.29, 1.82) is 0 Å². The molecule has 0 aliphatic heterocycles. The quantitative estimate of drug-likeness (QED) is 0.455. The van der Waals surface area contributed by atoms with Crippen molar-refractivity contribution in [1.82, 2.24) is 10.2 Å². The number of hydrogen-bond donors (Lipinski definition) is 1. The lowest BCUT2D eigenvalue weighted by atomic mass is 10.2. The number of carbonyl (C=O) groups is 1. The van der Waals surface area contributed by atoms with E-state index in [4.69, 9.17) is 11.6 Å². The predicted octanol–water partition coefficient (Wildman–Crippen LogP) is 2.60. The first-order chi connectivity index (χ1) is 9.99. The van der Waals surface area contributed by atoms with Gasteiger partial charge in [0.25, 0.3) is 5.69 Å². The zero-order valence-electron chi connectivity index (χ0n) is 12.3. The highest BCUT2D eigenvalue weighted by molar-refractivity contribution is 6.31. The number of hydrogen-bond acceptors (Lipinski definition) is 4. The van der Waals surface area contributed by atoms with Crippen LogP contribution < -0.4 is 5.32 Å². The average molecular weight is 314 g/mol. The molecule has 0 bridgehead atoms. The summed E-state index contributed by atoms with van der Waals surface area (Å²) >= 11 is 6.00. The molecule has 0 saturated carbocycles. The number of nitrogens with zero attached hydrogens (tertiary/aromatic N) is 2. The highest BCUT2D eigenvalue weighted by Crippen LogP contribution is 2.21. The van der Waals surface area contributed by atoms with Gasteiger partial charge in [-0.1, -0.05) is 11.6 Å². The number of carbonyl (C=O) groups excluding carboxylic acids is 1. The summed E-state index contributed by atoms with van der Waals surface area (Å²) in [5, 5.41) is 14.3. The maximum absolute atomic E-state index is 11.8. The van der Waals surface area contributed by atoms with Crippen molar-refractivity contribution in [2.75, 3.05) is 19.6 Å². The van der Waals surface area contributed by atoms with E-state index < -0.39 is 4.92 Å². The second kappa shape index (κ2) is 8.59. The number of benzene rings is 1. The van der Waals surface area contributed by atoms with Crippen molar-refractivity contribution in [3.8, 4) is 0 Å². The number of non-ortho nitro benzene ring substituents is 1. The second-order valence-corrected chi connectivity index (χ2v) is 4.93. The first kappa shape index (κ1) is 17.4. The number of nitro benzene ring substituents is 1. The van der Waals surface area contributed by atoms with Gasteiger partial charge in [-0.05, 0) is 25.5 Å². The van der Waals surface area contributed by atoms with Gasteiger partial charge >= 0.3 is 0 Å². The third kappa shape index (κ3) is 5.32. The third-order valence-corrected chi connectivity index (χ3v) is 3.56. The Hall–Kier alpha value is -1.66. The molecule has 1 rings (SSSR count). The first-order valence-electron chi connectivity index (χ1n) is 6.90. The lowest BCUT2D eigenvalue weighted by Gasteiger charge is -2.18. The summed E-state index contributed by atoms with van der Waals surface area (Å²) in [6, 6.07) is 4.33. The minimum absolute atomic E-state index is 0.00965. The van der Waals surface area contributed by atoms with Gasteiger partial charge in [-0.15, -0.1) is 0 Å². The SMILES string of the molecule is CCN(CC)C(=O)CCNCc1cc([N+](=O)[O-])ccc1Cl. The monoisotopic (exact) mass is 313 g/mol.